The van der Waals surface area contributed by atoms with Crippen molar-refractivity contribution in [2.75, 3.05) is 19.4 Å². The Labute approximate surface area is 241 Å². The van der Waals surface area contributed by atoms with Crippen LogP contribution in [0.4, 0.5) is 0 Å². The van der Waals surface area contributed by atoms with Crippen LogP contribution < -0.4 is 0 Å². The number of alkyl halides is 1. The van der Waals surface area contributed by atoms with E-state index in [-0.39, 0.29) is 18.1 Å². The van der Waals surface area contributed by atoms with Crippen LogP contribution in [0.3, 0.4) is 0 Å². The fraction of sp³-hybridized carbons (Fsp3) is 0.897. The molecular weight excluding hydrogens is 570 g/mol. The Balaban J connectivity index is 1.79. The van der Waals surface area contributed by atoms with E-state index in [1.165, 1.54) is 0 Å². The molecule has 0 saturated carbocycles. The number of aliphatic hydroxyl groups is 2. The zero-order valence-corrected chi connectivity index (χ0v) is 26.4. The summed E-state index contributed by atoms with van der Waals surface area (Å²) in [5.74, 6) is -2.99. The van der Waals surface area contributed by atoms with Crippen molar-refractivity contribution in [1.29, 1.82) is 0 Å². The van der Waals surface area contributed by atoms with Crippen molar-refractivity contribution in [2.24, 2.45) is 17.8 Å². The summed E-state index contributed by atoms with van der Waals surface area (Å²) in [4.78, 5) is 15.3. The van der Waals surface area contributed by atoms with Gasteiger partial charge in [-0.1, -0.05) is 36.7 Å². The van der Waals surface area contributed by atoms with Crippen LogP contribution in [0.25, 0.3) is 0 Å². The molecule has 0 radical (unpaired) electrons. The largest absolute Gasteiger partial charge is 0.459 e. The lowest BCUT2D eigenvalue weighted by atomic mass is 9.78. The van der Waals surface area contributed by atoms with E-state index in [1.54, 1.807) is 6.92 Å². The van der Waals surface area contributed by atoms with Gasteiger partial charge < -0.3 is 38.8 Å². The Kier molecular flexibility index (Phi) is 9.04. The smallest absolute Gasteiger partial charge is 0.311 e. The number of halogens is 1. The molecule has 10 heteroatoms. The molecule has 0 amide bonds. The van der Waals surface area contributed by atoms with E-state index in [0.29, 0.717) is 24.6 Å². The van der Waals surface area contributed by atoms with Gasteiger partial charge in [-0.2, -0.15) is 0 Å². The summed E-state index contributed by atoms with van der Waals surface area (Å²) in [6.07, 6.45) is -0.528. The van der Waals surface area contributed by atoms with Gasteiger partial charge in [0.05, 0.1) is 29.8 Å². The van der Waals surface area contributed by atoms with Crippen molar-refractivity contribution in [2.45, 2.75) is 128 Å². The molecule has 3 bridgehead atoms. The van der Waals surface area contributed by atoms with E-state index in [4.69, 9.17) is 23.7 Å². The fourth-order valence-electron chi connectivity index (χ4n) is 7.32. The standard InChI is InChI=1S/C29H48BrNO8/c1-10-21-27(6)13-19(14-30)29(38-27)15(2)12-28(7,39-29)24(17(4)22(32)18(5)25(34)36-21)37-26-23(33)20(31(8)9)11-16(3)35-26/h13,15-18,20-24,26,32-33H,10-12,14H2,1-9H3/t15-,16-,17+,18-,20+,21-,22+,23-,24-,26+,27?,28?,29?/m1/s1. The van der Waals surface area contributed by atoms with Gasteiger partial charge in [0.15, 0.2) is 12.1 Å². The molecule has 9 nitrogen and oxygen atoms in total. The van der Waals surface area contributed by atoms with E-state index in [0.717, 1.165) is 5.57 Å². The molecule has 4 aliphatic heterocycles. The van der Waals surface area contributed by atoms with Gasteiger partial charge in [0, 0.05) is 23.2 Å². The first-order chi connectivity index (χ1) is 18.1. The van der Waals surface area contributed by atoms with Gasteiger partial charge >= 0.3 is 5.97 Å². The van der Waals surface area contributed by atoms with Crippen LogP contribution in [-0.4, -0.2) is 100 Å². The Morgan fingerprint density at radius 1 is 1.13 bits per heavy atom. The molecule has 3 saturated heterocycles. The molecule has 4 heterocycles. The predicted molar refractivity (Wildman–Crippen MR) is 149 cm³/mol. The predicted octanol–water partition coefficient (Wildman–Crippen LogP) is 3.39. The van der Waals surface area contributed by atoms with Crippen LogP contribution in [0.5, 0.6) is 0 Å². The van der Waals surface area contributed by atoms with Crippen LogP contribution >= 0.6 is 15.9 Å². The van der Waals surface area contributed by atoms with Crippen LogP contribution in [0.1, 0.15) is 67.7 Å². The average molecular weight is 619 g/mol. The Bertz CT molecular complexity index is 948. The van der Waals surface area contributed by atoms with Crippen molar-refractivity contribution in [3.05, 3.63) is 11.6 Å². The maximum atomic E-state index is 13.3. The van der Waals surface area contributed by atoms with Crippen molar-refractivity contribution in [3.63, 3.8) is 0 Å². The fourth-order valence-corrected chi connectivity index (χ4v) is 7.87. The maximum Gasteiger partial charge on any atom is 0.311 e. The number of nitrogens with zero attached hydrogens (tertiary/aromatic N) is 1. The Morgan fingerprint density at radius 2 is 1.79 bits per heavy atom. The van der Waals surface area contributed by atoms with Gasteiger partial charge in [0.1, 0.15) is 17.8 Å². The second-order valence-electron chi connectivity index (χ2n) is 12.9. The highest BCUT2D eigenvalue weighted by Gasteiger charge is 2.65. The number of hydrogen-bond donors (Lipinski definition) is 2. The Hall–Kier alpha value is -0.590. The van der Waals surface area contributed by atoms with Crippen LogP contribution in [-0.2, 0) is 28.5 Å². The second kappa shape index (κ2) is 11.2. The SMILES string of the molecule is CC[C@H]1OC(=O)[C@H](C)[C@@H](O)[C@H](C)[C@@H](O[C@@H]2O[C@H](C)C[C@H](N(C)C)[C@H]2O)C2(C)C[C@@H](C)C3(OC1(C)C=C3CBr)O2. The zero-order chi connectivity index (χ0) is 29.1. The third kappa shape index (κ3) is 5.38. The Morgan fingerprint density at radius 3 is 2.38 bits per heavy atom. The molecule has 2 N–H and O–H groups in total. The second-order valence-corrected chi connectivity index (χ2v) is 13.4. The van der Waals surface area contributed by atoms with Gasteiger partial charge in [-0.05, 0) is 72.7 Å². The van der Waals surface area contributed by atoms with Crippen molar-refractivity contribution < 1.29 is 38.7 Å². The van der Waals surface area contributed by atoms with Crippen molar-refractivity contribution in [1.82, 2.24) is 4.90 Å². The first-order valence-electron chi connectivity index (χ1n) is 14.3. The third-order valence-corrected chi connectivity index (χ3v) is 10.1. The number of hydrogen-bond acceptors (Lipinski definition) is 9. The minimum absolute atomic E-state index is 0.0689. The first-order valence-corrected chi connectivity index (χ1v) is 15.5. The molecule has 0 aromatic heterocycles. The minimum Gasteiger partial charge on any atom is -0.459 e. The molecule has 39 heavy (non-hydrogen) atoms. The number of rotatable bonds is 5. The molecule has 13 atom stereocenters. The van der Waals surface area contributed by atoms with Gasteiger partial charge in [0.25, 0.3) is 0 Å². The summed E-state index contributed by atoms with van der Waals surface area (Å²) >= 11 is 3.65. The molecule has 0 aromatic carbocycles. The molecule has 4 aliphatic rings. The topological polar surface area (TPSA) is 107 Å². The zero-order valence-electron chi connectivity index (χ0n) is 24.8. The van der Waals surface area contributed by atoms with Crippen molar-refractivity contribution >= 4 is 21.9 Å². The first kappa shape index (κ1) is 31.3. The highest BCUT2D eigenvalue weighted by molar-refractivity contribution is 9.09. The molecule has 224 valence electrons. The lowest BCUT2D eigenvalue weighted by Gasteiger charge is -2.47. The normalized spacial score (nSPS) is 50.8. The summed E-state index contributed by atoms with van der Waals surface area (Å²) in [5.41, 5.74) is -0.894. The molecular formula is C29H48BrNO8. The van der Waals surface area contributed by atoms with E-state index in [9.17, 15) is 15.0 Å². The van der Waals surface area contributed by atoms with Crippen molar-refractivity contribution in [3.8, 4) is 0 Å². The quantitative estimate of drug-likeness (QED) is 0.273. The average Bonchev–Trinajstić information content (AvgIpc) is 3.31. The summed E-state index contributed by atoms with van der Waals surface area (Å²) < 4.78 is 32.6. The van der Waals surface area contributed by atoms with Gasteiger partial charge in [-0.15, -0.1) is 0 Å². The molecule has 1 spiro atoms. The number of carbonyl (C=O) groups is 1. The lowest BCUT2D eigenvalue weighted by molar-refractivity contribution is -0.327. The molecule has 0 aromatic rings. The highest BCUT2D eigenvalue weighted by atomic mass is 79.9. The number of ether oxygens (including phenoxy) is 5. The summed E-state index contributed by atoms with van der Waals surface area (Å²) in [7, 11) is 3.86. The van der Waals surface area contributed by atoms with Gasteiger partial charge in [0.2, 0.25) is 0 Å². The number of aliphatic hydroxyl groups excluding tert-OH is 2. The third-order valence-electron chi connectivity index (χ3n) is 9.50. The maximum absolute atomic E-state index is 13.3. The number of fused-ring (bicyclic) bond motifs is 2. The highest BCUT2D eigenvalue weighted by Crippen LogP contribution is 2.56. The van der Waals surface area contributed by atoms with Gasteiger partial charge in [-0.25, -0.2) is 0 Å². The summed E-state index contributed by atoms with van der Waals surface area (Å²) in [5, 5.41) is 23.3. The van der Waals surface area contributed by atoms with E-state index < -0.39 is 65.5 Å². The lowest BCUT2D eigenvalue weighted by Crippen LogP contribution is -2.59. The number of likely N-dealkylation sites (N-methyl/N-ethyl adjacent to an activating group) is 1. The van der Waals surface area contributed by atoms with Crippen LogP contribution in [0.15, 0.2) is 11.6 Å². The number of cyclic esters (lactones) is 1. The molecule has 4 rings (SSSR count). The van der Waals surface area contributed by atoms with E-state index in [2.05, 4.69) is 22.9 Å². The molecule has 0 aliphatic carbocycles. The molecule has 3 fully saturated rings. The summed E-state index contributed by atoms with van der Waals surface area (Å²) in [6, 6.07) is -0.158. The monoisotopic (exact) mass is 617 g/mol. The minimum atomic E-state index is -1.08. The van der Waals surface area contributed by atoms with E-state index >= 15 is 0 Å². The van der Waals surface area contributed by atoms with Crippen LogP contribution in [0.2, 0.25) is 0 Å². The van der Waals surface area contributed by atoms with E-state index in [1.807, 2.05) is 59.7 Å². The number of esters is 1. The van der Waals surface area contributed by atoms with Crippen LogP contribution in [0, 0.1) is 17.8 Å². The number of carbonyl (C=O) groups excluding carboxylic acids is 1. The molecule has 3 unspecified atom stereocenters. The van der Waals surface area contributed by atoms with Gasteiger partial charge in [-0.3, -0.25) is 4.79 Å². The summed E-state index contributed by atoms with van der Waals surface area (Å²) in [6.45, 7) is 13.5.